The molecule has 76 valence electrons. The van der Waals surface area contributed by atoms with Crippen molar-refractivity contribution in [3.05, 3.63) is 0 Å². The minimum absolute atomic E-state index is 0.737. The standard InChI is InChI=1S/C11H22N2/c1-9-6-11(4-5-13-9)8-12-7-10-2-3-10/h9-13H,2-8H2,1H3. The number of rotatable bonds is 4. The molecule has 2 rings (SSSR count). The molecule has 13 heavy (non-hydrogen) atoms. The first-order valence-corrected chi connectivity index (χ1v) is 5.78. The van der Waals surface area contributed by atoms with E-state index in [1.54, 1.807) is 0 Å². The van der Waals surface area contributed by atoms with E-state index >= 15 is 0 Å². The van der Waals surface area contributed by atoms with Gasteiger partial charge in [0.25, 0.3) is 0 Å². The molecule has 0 amide bonds. The first kappa shape index (κ1) is 9.47. The molecule has 2 fully saturated rings. The molecule has 2 unspecified atom stereocenters. The van der Waals surface area contributed by atoms with Crippen LogP contribution in [0.1, 0.15) is 32.6 Å². The summed E-state index contributed by atoms with van der Waals surface area (Å²) < 4.78 is 0. The summed E-state index contributed by atoms with van der Waals surface area (Å²) in [4.78, 5) is 0. The number of piperidine rings is 1. The van der Waals surface area contributed by atoms with Crippen molar-refractivity contribution in [2.45, 2.75) is 38.6 Å². The maximum atomic E-state index is 3.61. The van der Waals surface area contributed by atoms with Gasteiger partial charge in [-0.05, 0) is 64.1 Å². The van der Waals surface area contributed by atoms with Gasteiger partial charge in [-0.25, -0.2) is 0 Å². The molecule has 2 nitrogen and oxygen atoms in total. The molecule has 2 aliphatic rings. The molecular formula is C11H22N2. The molecule has 1 aliphatic carbocycles. The molecule has 1 saturated heterocycles. The Bertz CT molecular complexity index is 154. The van der Waals surface area contributed by atoms with Crippen LogP contribution in [0.15, 0.2) is 0 Å². The third-order valence-corrected chi connectivity index (χ3v) is 3.30. The maximum Gasteiger partial charge on any atom is 0.00418 e. The molecule has 1 aliphatic heterocycles. The van der Waals surface area contributed by atoms with Gasteiger partial charge in [0.1, 0.15) is 0 Å². The van der Waals surface area contributed by atoms with Crippen molar-refractivity contribution in [3.8, 4) is 0 Å². The number of hydrogen-bond acceptors (Lipinski definition) is 2. The summed E-state index contributed by atoms with van der Waals surface area (Å²) in [6.07, 6.45) is 5.66. The summed E-state index contributed by atoms with van der Waals surface area (Å²) in [5.41, 5.74) is 0. The molecule has 1 saturated carbocycles. The van der Waals surface area contributed by atoms with Crippen molar-refractivity contribution in [2.24, 2.45) is 11.8 Å². The highest BCUT2D eigenvalue weighted by Gasteiger charge is 2.22. The summed E-state index contributed by atoms with van der Waals surface area (Å²) in [5.74, 6) is 1.95. The van der Waals surface area contributed by atoms with Crippen molar-refractivity contribution < 1.29 is 0 Å². The SMILES string of the molecule is CC1CC(CNCC2CC2)CCN1. The first-order valence-electron chi connectivity index (χ1n) is 5.78. The summed E-state index contributed by atoms with van der Waals surface area (Å²) in [6.45, 7) is 6.05. The van der Waals surface area contributed by atoms with Crippen LogP contribution < -0.4 is 10.6 Å². The fourth-order valence-electron chi connectivity index (χ4n) is 2.23. The van der Waals surface area contributed by atoms with Crippen molar-refractivity contribution in [2.75, 3.05) is 19.6 Å². The van der Waals surface area contributed by atoms with Crippen LogP contribution in [-0.2, 0) is 0 Å². The minimum Gasteiger partial charge on any atom is -0.316 e. The van der Waals surface area contributed by atoms with E-state index in [1.807, 2.05) is 0 Å². The molecule has 2 N–H and O–H groups in total. The average molecular weight is 182 g/mol. The zero-order valence-corrected chi connectivity index (χ0v) is 8.68. The average Bonchev–Trinajstić information content (AvgIpc) is 2.88. The summed E-state index contributed by atoms with van der Waals surface area (Å²) in [7, 11) is 0. The minimum atomic E-state index is 0.737. The van der Waals surface area contributed by atoms with Gasteiger partial charge in [0, 0.05) is 6.04 Å². The Morgan fingerprint density at radius 2 is 1.92 bits per heavy atom. The lowest BCUT2D eigenvalue weighted by Crippen LogP contribution is -2.39. The van der Waals surface area contributed by atoms with Gasteiger partial charge in [0.2, 0.25) is 0 Å². The second kappa shape index (κ2) is 4.43. The Kier molecular flexibility index (Phi) is 3.23. The second-order valence-electron chi connectivity index (χ2n) is 4.85. The summed E-state index contributed by atoms with van der Waals surface area (Å²) in [5, 5.41) is 7.11. The lowest BCUT2D eigenvalue weighted by Gasteiger charge is -2.28. The summed E-state index contributed by atoms with van der Waals surface area (Å²) >= 11 is 0. The highest BCUT2D eigenvalue weighted by atomic mass is 14.9. The molecule has 0 aromatic rings. The molecule has 0 spiro atoms. The Labute approximate surface area is 81.5 Å². The Morgan fingerprint density at radius 1 is 1.15 bits per heavy atom. The van der Waals surface area contributed by atoms with Gasteiger partial charge < -0.3 is 10.6 Å². The molecule has 2 heteroatoms. The fourth-order valence-corrected chi connectivity index (χ4v) is 2.23. The van der Waals surface area contributed by atoms with Gasteiger partial charge in [0.15, 0.2) is 0 Å². The van der Waals surface area contributed by atoms with Crippen molar-refractivity contribution >= 4 is 0 Å². The van der Waals surface area contributed by atoms with Crippen LogP contribution >= 0.6 is 0 Å². The van der Waals surface area contributed by atoms with Crippen LogP contribution in [0.3, 0.4) is 0 Å². The van der Waals surface area contributed by atoms with Crippen LogP contribution in [0.25, 0.3) is 0 Å². The summed E-state index contributed by atoms with van der Waals surface area (Å²) in [6, 6.07) is 0.737. The van der Waals surface area contributed by atoms with Gasteiger partial charge >= 0.3 is 0 Å². The van der Waals surface area contributed by atoms with E-state index in [0.29, 0.717) is 0 Å². The van der Waals surface area contributed by atoms with Crippen molar-refractivity contribution in [1.82, 2.24) is 10.6 Å². The van der Waals surface area contributed by atoms with E-state index in [-0.39, 0.29) is 0 Å². The fraction of sp³-hybridized carbons (Fsp3) is 1.00. The second-order valence-corrected chi connectivity index (χ2v) is 4.85. The molecule has 2 atom stereocenters. The maximum absolute atomic E-state index is 3.61. The Hall–Kier alpha value is -0.0800. The van der Waals surface area contributed by atoms with Gasteiger partial charge in [-0.2, -0.15) is 0 Å². The quantitative estimate of drug-likeness (QED) is 0.686. The largest absolute Gasteiger partial charge is 0.316 e. The van der Waals surface area contributed by atoms with Gasteiger partial charge in [0.05, 0.1) is 0 Å². The van der Waals surface area contributed by atoms with E-state index in [1.165, 1.54) is 45.3 Å². The predicted molar refractivity (Wildman–Crippen MR) is 55.8 cm³/mol. The van der Waals surface area contributed by atoms with Gasteiger partial charge in [-0.1, -0.05) is 0 Å². The van der Waals surface area contributed by atoms with Crippen LogP contribution in [0, 0.1) is 11.8 Å². The molecule has 0 radical (unpaired) electrons. The molecule has 0 bridgehead atoms. The Balaban J connectivity index is 1.56. The van der Waals surface area contributed by atoms with Crippen molar-refractivity contribution in [1.29, 1.82) is 0 Å². The number of hydrogen-bond donors (Lipinski definition) is 2. The van der Waals surface area contributed by atoms with Gasteiger partial charge in [-0.3, -0.25) is 0 Å². The van der Waals surface area contributed by atoms with E-state index < -0.39 is 0 Å². The zero-order valence-electron chi connectivity index (χ0n) is 8.68. The molecule has 1 heterocycles. The third kappa shape index (κ3) is 3.28. The first-order chi connectivity index (χ1) is 6.34. The van der Waals surface area contributed by atoms with E-state index in [2.05, 4.69) is 17.6 Å². The van der Waals surface area contributed by atoms with E-state index in [4.69, 9.17) is 0 Å². The van der Waals surface area contributed by atoms with Crippen LogP contribution in [0.4, 0.5) is 0 Å². The third-order valence-electron chi connectivity index (χ3n) is 3.30. The van der Waals surface area contributed by atoms with Crippen LogP contribution in [0.2, 0.25) is 0 Å². The predicted octanol–water partition coefficient (Wildman–Crippen LogP) is 1.37. The monoisotopic (exact) mass is 182 g/mol. The molecule has 0 aromatic carbocycles. The van der Waals surface area contributed by atoms with Crippen LogP contribution in [-0.4, -0.2) is 25.7 Å². The number of nitrogens with one attached hydrogen (secondary N) is 2. The van der Waals surface area contributed by atoms with Crippen LogP contribution in [0.5, 0.6) is 0 Å². The topological polar surface area (TPSA) is 24.1 Å². The highest BCUT2D eigenvalue weighted by Crippen LogP contribution is 2.27. The van der Waals surface area contributed by atoms with Crippen molar-refractivity contribution in [3.63, 3.8) is 0 Å². The van der Waals surface area contributed by atoms with E-state index in [9.17, 15) is 0 Å². The zero-order chi connectivity index (χ0) is 9.10. The van der Waals surface area contributed by atoms with Gasteiger partial charge in [-0.15, -0.1) is 0 Å². The smallest absolute Gasteiger partial charge is 0.00418 e. The highest BCUT2D eigenvalue weighted by molar-refractivity contribution is 4.79. The Morgan fingerprint density at radius 3 is 2.62 bits per heavy atom. The molecular weight excluding hydrogens is 160 g/mol. The normalized spacial score (nSPS) is 34.8. The van der Waals surface area contributed by atoms with E-state index in [0.717, 1.165) is 17.9 Å². The lowest BCUT2D eigenvalue weighted by molar-refractivity contribution is 0.304. The molecule has 0 aromatic heterocycles. The lowest BCUT2D eigenvalue weighted by atomic mass is 9.93.